The van der Waals surface area contributed by atoms with Crippen molar-refractivity contribution in [1.29, 1.82) is 0 Å². The average molecular weight is 220 g/mol. The summed E-state index contributed by atoms with van der Waals surface area (Å²) < 4.78 is 4.57. The smallest absolute Gasteiger partial charge is 0.319 e. The van der Waals surface area contributed by atoms with E-state index in [1.807, 2.05) is 12.1 Å². The van der Waals surface area contributed by atoms with Gasteiger partial charge >= 0.3 is 5.97 Å². The van der Waals surface area contributed by atoms with E-state index in [1.165, 1.54) is 18.4 Å². The third-order valence-corrected chi connectivity index (χ3v) is 2.83. The molecule has 0 saturated heterocycles. The molecule has 1 aliphatic rings. The van der Waals surface area contributed by atoms with Crippen molar-refractivity contribution < 1.29 is 9.53 Å². The molecule has 0 fully saturated rings. The van der Waals surface area contributed by atoms with E-state index in [-0.39, 0.29) is 12.5 Å². The van der Waals surface area contributed by atoms with Gasteiger partial charge in [0.25, 0.3) is 0 Å². The minimum atomic E-state index is -0.223. The summed E-state index contributed by atoms with van der Waals surface area (Å²) in [5.41, 5.74) is 2.52. The zero-order valence-electron chi connectivity index (χ0n) is 9.32. The molecule has 0 radical (unpaired) electrons. The van der Waals surface area contributed by atoms with Gasteiger partial charge < -0.3 is 15.4 Å². The first-order chi connectivity index (χ1) is 7.81. The zero-order valence-corrected chi connectivity index (χ0v) is 9.32. The first kappa shape index (κ1) is 11.0. The van der Waals surface area contributed by atoms with Gasteiger partial charge in [0.1, 0.15) is 0 Å². The van der Waals surface area contributed by atoms with Gasteiger partial charge in [0, 0.05) is 24.7 Å². The van der Waals surface area contributed by atoms with Crippen molar-refractivity contribution in [1.82, 2.24) is 5.32 Å². The molecule has 0 spiro atoms. The summed E-state index contributed by atoms with van der Waals surface area (Å²) in [6.45, 7) is 1.99. The van der Waals surface area contributed by atoms with E-state index in [4.69, 9.17) is 0 Å². The van der Waals surface area contributed by atoms with Crippen molar-refractivity contribution in [3.63, 3.8) is 0 Å². The van der Waals surface area contributed by atoms with E-state index in [2.05, 4.69) is 27.5 Å². The molecule has 2 rings (SSSR count). The predicted octanol–water partition coefficient (Wildman–Crippen LogP) is 0.958. The maximum Gasteiger partial charge on any atom is 0.319 e. The first-order valence-corrected chi connectivity index (χ1v) is 5.41. The van der Waals surface area contributed by atoms with E-state index in [9.17, 15) is 4.79 Å². The number of benzene rings is 1. The van der Waals surface area contributed by atoms with Crippen molar-refractivity contribution in [2.24, 2.45) is 0 Å². The molecule has 1 atom stereocenters. The highest BCUT2D eigenvalue weighted by Gasteiger charge is 2.20. The number of hydrogen-bond acceptors (Lipinski definition) is 4. The lowest BCUT2D eigenvalue weighted by Gasteiger charge is -2.10. The molecule has 4 nitrogen and oxygen atoms in total. The molecule has 0 aliphatic carbocycles. The van der Waals surface area contributed by atoms with Crippen LogP contribution in [0.3, 0.4) is 0 Å². The Morgan fingerprint density at radius 1 is 1.56 bits per heavy atom. The van der Waals surface area contributed by atoms with Crippen molar-refractivity contribution in [2.45, 2.75) is 5.92 Å². The lowest BCUT2D eigenvalue weighted by molar-refractivity contribution is -0.139. The summed E-state index contributed by atoms with van der Waals surface area (Å²) in [7, 11) is 1.40. The maximum absolute atomic E-state index is 10.9. The molecule has 1 aliphatic heterocycles. The molecule has 4 heteroatoms. The second kappa shape index (κ2) is 4.99. The standard InChI is InChI=1S/C12H16N2O2/c1-16-12(15)8-13-6-9-7-14-11-5-3-2-4-10(9)11/h2-5,9,13-14H,6-8H2,1H3. The monoisotopic (exact) mass is 220 g/mol. The number of esters is 1. The molecule has 1 aromatic carbocycles. The molecule has 0 bridgehead atoms. The summed E-state index contributed by atoms with van der Waals surface area (Å²) in [5, 5.41) is 6.45. The minimum absolute atomic E-state index is 0.223. The lowest BCUT2D eigenvalue weighted by Crippen LogP contribution is -2.28. The fourth-order valence-corrected chi connectivity index (χ4v) is 1.96. The number of hydrogen-bond donors (Lipinski definition) is 2. The molecule has 2 N–H and O–H groups in total. The molecule has 0 amide bonds. The second-order valence-corrected chi connectivity index (χ2v) is 3.87. The van der Waals surface area contributed by atoms with Crippen LogP contribution in [-0.2, 0) is 9.53 Å². The number of carbonyl (C=O) groups excluding carboxylic acids is 1. The highest BCUT2D eigenvalue weighted by molar-refractivity contribution is 5.71. The van der Waals surface area contributed by atoms with Gasteiger partial charge in [-0.05, 0) is 11.6 Å². The molecule has 0 aromatic heterocycles. The molecular formula is C12H16N2O2. The van der Waals surface area contributed by atoms with Crippen LogP contribution in [0.1, 0.15) is 11.5 Å². The number of nitrogens with one attached hydrogen (secondary N) is 2. The Hall–Kier alpha value is -1.55. The van der Waals surface area contributed by atoms with Crippen LogP contribution in [0.5, 0.6) is 0 Å². The third kappa shape index (κ3) is 2.33. The van der Waals surface area contributed by atoms with Gasteiger partial charge in [0.05, 0.1) is 13.7 Å². The molecule has 0 saturated carbocycles. The zero-order chi connectivity index (χ0) is 11.4. The summed E-state index contributed by atoms with van der Waals surface area (Å²) >= 11 is 0. The van der Waals surface area contributed by atoms with E-state index < -0.39 is 0 Å². The van der Waals surface area contributed by atoms with E-state index >= 15 is 0 Å². The Balaban J connectivity index is 1.86. The maximum atomic E-state index is 10.9. The Morgan fingerprint density at radius 3 is 3.19 bits per heavy atom. The van der Waals surface area contributed by atoms with Crippen LogP contribution in [-0.4, -0.2) is 32.7 Å². The molecule has 1 unspecified atom stereocenters. The number of fused-ring (bicyclic) bond motifs is 1. The summed E-state index contributed by atoms with van der Waals surface area (Å²) in [5.74, 6) is 0.208. The van der Waals surface area contributed by atoms with Crippen molar-refractivity contribution >= 4 is 11.7 Å². The van der Waals surface area contributed by atoms with Crippen molar-refractivity contribution in [3.8, 4) is 0 Å². The fourth-order valence-electron chi connectivity index (χ4n) is 1.96. The van der Waals surface area contributed by atoms with Crippen LogP contribution in [0.2, 0.25) is 0 Å². The van der Waals surface area contributed by atoms with E-state index in [0.717, 1.165) is 13.1 Å². The Labute approximate surface area is 95.0 Å². The molecular weight excluding hydrogens is 204 g/mol. The second-order valence-electron chi connectivity index (χ2n) is 3.87. The number of para-hydroxylation sites is 1. The summed E-state index contributed by atoms with van der Waals surface area (Å²) in [6.07, 6.45) is 0. The highest BCUT2D eigenvalue weighted by atomic mass is 16.5. The van der Waals surface area contributed by atoms with Crippen molar-refractivity contribution in [3.05, 3.63) is 29.8 Å². The van der Waals surface area contributed by atoms with Gasteiger partial charge in [-0.15, -0.1) is 0 Å². The highest BCUT2D eigenvalue weighted by Crippen LogP contribution is 2.30. The Morgan fingerprint density at radius 2 is 2.38 bits per heavy atom. The van der Waals surface area contributed by atoms with Gasteiger partial charge in [-0.2, -0.15) is 0 Å². The van der Waals surface area contributed by atoms with E-state index in [1.54, 1.807) is 0 Å². The van der Waals surface area contributed by atoms with Crippen LogP contribution in [0.4, 0.5) is 5.69 Å². The predicted molar refractivity (Wildman–Crippen MR) is 62.6 cm³/mol. The molecule has 1 heterocycles. The van der Waals surface area contributed by atoms with Gasteiger partial charge in [0.15, 0.2) is 0 Å². The van der Waals surface area contributed by atoms with Crippen LogP contribution < -0.4 is 10.6 Å². The number of anilines is 1. The quantitative estimate of drug-likeness (QED) is 0.742. The number of methoxy groups -OCH3 is 1. The van der Waals surface area contributed by atoms with E-state index in [0.29, 0.717) is 5.92 Å². The van der Waals surface area contributed by atoms with Gasteiger partial charge in [-0.1, -0.05) is 18.2 Å². The lowest BCUT2D eigenvalue weighted by atomic mass is 10.0. The van der Waals surface area contributed by atoms with Gasteiger partial charge in [-0.3, -0.25) is 4.79 Å². The summed E-state index contributed by atoms with van der Waals surface area (Å²) in [4.78, 5) is 10.9. The van der Waals surface area contributed by atoms with Crippen LogP contribution in [0, 0.1) is 0 Å². The number of ether oxygens (including phenoxy) is 1. The third-order valence-electron chi connectivity index (χ3n) is 2.83. The average Bonchev–Trinajstić information content (AvgIpc) is 2.73. The summed E-state index contributed by atoms with van der Waals surface area (Å²) in [6, 6.07) is 8.27. The number of carbonyl (C=O) groups is 1. The van der Waals surface area contributed by atoms with Gasteiger partial charge in [0.2, 0.25) is 0 Å². The Bertz CT molecular complexity index is 379. The largest absolute Gasteiger partial charge is 0.468 e. The molecule has 86 valence electrons. The molecule has 1 aromatic rings. The number of rotatable bonds is 4. The van der Waals surface area contributed by atoms with Crippen LogP contribution in [0.15, 0.2) is 24.3 Å². The normalized spacial score (nSPS) is 17.7. The van der Waals surface area contributed by atoms with Gasteiger partial charge in [-0.25, -0.2) is 0 Å². The SMILES string of the molecule is COC(=O)CNCC1CNc2ccccc21. The van der Waals surface area contributed by atoms with Crippen molar-refractivity contribution in [2.75, 3.05) is 32.1 Å². The van der Waals surface area contributed by atoms with Crippen LogP contribution in [0.25, 0.3) is 0 Å². The first-order valence-electron chi connectivity index (χ1n) is 5.41. The van der Waals surface area contributed by atoms with Crippen LogP contribution >= 0.6 is 0 Å². The topological polar surface area (TPSA) is 50.4 Å². The minimum Gasteiger partial charge on any atom is -0.468 e. The fraction of sp³-hybridized carbons (Fsp3) is 0.417. The Kier molecular flexibility index (Phi) is 3.41. The molecule has 16 heavy (non-hydrogen) atoms.